The lowest BCUT2D eigenvalue weighted by Crippen LogP contribution is -2.39. The van der Waals surface area contributed by atoms with Crippen LogP contribution < -0.4 is 4.74 Å². The smallest absolute Gasteiger partial charge is 0.411 e. The van der Waals surface area contributed by atoms with Crippen molar-refractivity contribution in [3.8, 4) is 5.75 Å². The van der Waals surface area contributed by atoms with Gasteiger partial charge in [0.1, 0.15) is 11.4 Å². The monoisotopic (exact) mass is 295 g/mol. The average molecular weight is 295 g/mol. The number of carboxylic acid groups (broad SMARTS) is 1. The number of para-hydroxylation sites is 1. The van der Waals surface area contributed by atoms with Crippen LogP contribution in [-0.2, 0) is 9.53 Å². The summed E-state index contributed by atoms with van der Waals surface area (Å²) in [6.45, 7) is 5.16. The van der Waals surface area contributed by atoms with Crippen molar-refractivity contribution < 1.29 is 24.2 Å². The summed E-state index contributed by atoms with van der Waals surface area (Å²) < 4.78 is 10.4. The Balaban J connectivity index is 3.12. The number of aliphatic carboxylic acids is 1. The van der Waals surface area contributed by atoms with Gasteiger partial charge in [0.2, 0.25) is 0 Å². The molecule has 0 saturated heterocycles. The van der Waals surface area contributed by atoms with Gasteiger partial charge in [-0.1, -0.05) is 18.2 Å². The number of carboxylic acids is 1. The molecule has 0 aromatic heterocycles. The van der Waals surface area contributed by atoms with Crippen molar-refractivity contribution in [1.82, 2.24) is 4.90 Å². The molecule has 1 rings (SSSR count). The van der Waals surface area contributed by atoms with Gasteiger partial charge in [-0.05, 0) is 26.8 Å². The Bertz CT molecular complexity index is 521. The van der Waals surface area contributed by atoms with E-state index in [4.69, 9.17) is 9.47 Å². The zero-order valence-corrected chi connectivity index (χ0v) is 12.9. The first-order valence-corrected chi connectivity index (χ1v) is 6.49. The average Bonchev–Trinajstić information content (AvgIpc) is 2.37. The van der Waals surface area contributed by atoms with Crippen molar-refractivity contribution in [3.63, 3.8) is 0 Å². The highest BCUT2D eigenvalue weighted by Gasteiger charge is 2.33. The van der Waals surface area contributed by atoms with Gasteiger partial charge < -0.3 is 14.6 Å². The molecule has 1 N–H and O–H groups in total. The zero-order chi connectivity index (χ0) is 16.2. The summed E-state index contributed by atoms with van der Waals surface area (Å²) in [6.07, 6.45) is -0.708. The van der Waals surface area contributed by atoms with Crippen LogP contribution in [0.1, 0.15) is 32.4 Å². The molecule has 0 spiro atoms. The number of methoxy groups -OCH3 is 1. The van der Waals surface area contributed by atoms with Gasteiger partial charge in [-0.25, -0.2) is 9.59 Å². The Morgan fingerprint density at radius 1 is 1.24 bits per heavy atom. The first-order chi connectivity index (χ1) is 9.67. The van der Waals surface area contributed by atoms with Crippen LogP contribution in [0.3, 0.4) is 0 Å². The first-order valence-electron chi connectivity index (χ1n) is 6.49. The molecule has 0 radical (unpaired) electrons. The Labute approximate surface area is 124 Å². The molecule has 0 fully saturated rings. The molecule has 1 unspecified atom stereocenters. The number of amides is 1. The summed E-state index contributed by atoms with van der Waals surface area (Å²) in [5, 5.41) is 9.46. The second-order valence-electron chi connectivity index (χ2n) is 5.57. The maximum absolute atomic E-state index is 12.1. The van der Waals surface area contributed by atoms with E-state index in [1.54, 1.807) is 45.0 Å². The Morgan fingerprint density at radius 2 is 1.81 bits per heavy atom. The summed E-state index contributed by atoms with van der Waals surface area (Å²) >= 11 is 0. The summed E-state index contributed by atoms with van der Waals surface area (Å²) in [5.74, 6) is -0.756. The Morgan fingerprint density at radius 3 is 2.29 bits per heavy atom. The highest BCUT2D eigenvalue weighted by molar-refractivity contribution is 5.82. The number of ether oxygens (including phenoxy) is 2. The maximum atomic E-state index is 12.1. The molecule has 1 amide bonds. The minimum Gasteiger partial charge on any atom is -0.496 e. The zero-order valence-electron chi connectivity index (χ0n) is 12.9. The maximum Gasteiger partial charge on any atom is 0.411 e. The molecule has 0 bridgehead atoms. The van der Waals surface area contributed by atoms with E-state index in [2.05, 4.69) is 0 Å². The molecule has 0 aliphatic heterocycles. The number of likely N-dealkylation sites (N-methyl/N-ethyl adjacent to an activating group) is 1. The lowest BCUT2D eigenvalue weighted by molar-refractivity contribution is -0.143. The van der Waals surface area contributed by atoms with Crippen molar-refractivity contribution in [1.29, 1.82) is 0 Å². The van der Waals surface area contributed by atoms with Crippen LogP contribution in [0.2, 0.25) is 0 Å². The molecule has 21 heavy (non-hydrogen) atoms. The van der Waals surface area contributed by atoms with E-state index in [1.807, 2.05) is 0 Å². The molecule has 0 heterocycles. The minimum atomic E-state index is -1.18. The normalized spacial score (nSPS) is 12.4. The van der Waals surface area contributed by atoms with Gasteiger partial charge in [-0.2, -0.15) is 0 Å². The van der Waals surface area contributed by atoms with Crippen molar-refractivity contribution in [2.45, 2.75) is 32.4 Å². The Hall–Kier alpha value is -2.24. The van der Waals surface area contributed by atoms with Crippen molar-refractivity contribution >= 4 is 12.1 Å². The van der Waals surface area contributed by atoms with E-state index in [-0.39, 0.29) is 0 Å². The van der Waals surface area contributed by atoms with E-state index in [9.17, 15) is 14.7 Å². The molecule has 0 aliphatic rings. The van der Waals surface area contributed by atoms with Gasteiger partial charge >= 0.3 is 12.1 Å². The fraction of sp³-hybridized carbons (Fsp3) is 0.467. The lowest BCUT2D eigenvalue weighted by Gasteiger charge is -2.29. The van der Waals surface area contributed by atoms with E-state index in [1.165, 1.54) is 14.2 Å². The first kappa shape index (κ1) is 16.8. The summed E-state index contributed by atoms with van der Waals surface area (Å²) in [5.41, 5.74) is -0.310. The predicted octanol–water partition coefficient (Wildman–Crippen LogP) is 2.69. The Kier molecular flexibility index (Phi) is 5.18. The fourth-order valence-corrected chi connectivity index (χ4v) is 1.84. The highest BCUT2D eigenvalue weighted by Crippen LogP contribution is 2.29. The molecule has 6 nitrogen and oxygen atoms in total. The number of benzene rings is 1. The molecular weight excluding hydrogens is 274 g/mol. The summed E-state index contributed by atoms with van der Waals surface area (Å²) in [4.78, 5) is 24.7. The van der Waals surface area contributed by atoms with Crippen LogP contribution in [0, 0.1) is 0 Å². The quantitative estimate of drug-likeness (QED) is 0.924. The van der Waals surface area contributed by atoms with Crippen molar-refractivity contribution in [3.05, 3.63) is 29.8 Å². The third-order valence-corrected chi connectivity index (χ3v) is 2.74. The predicted molar refractivity (Wildman–Crippen MR) is 77.4 cm³/mol. The number of carbonyl (C=O) groups excluding carboxylic acids is 1. The fourth-order valence-electron chi connectivity index (χ4n) is 1.84. The van der Waals surface area contributed by atoms with Gasteiger partial charge in [0, 0.05) is 12.6 Å². The third kappa shape index (κ3) is 4.37. The van der Waals surface area contributed by atoms with Crippen LogP contribution in [0.15, 0.2) is 24.3 Å². The highest BCUT2D eigenvalue weighted by atomic mass is 16.6. The van der Waals surface area contributed by atoms with Gasteiger partial charge in [0.05, 0.1) is 7.11 Å². The molecular formula is C15H21NO5. The summed E-state index contributed by atoms with van der Waals surface area (Å²) in [6, 6.07) is 5.49. The van der Waals surface area contributed by atoms with Crippen molar-refractivity contribution in [2.75, 3.05) is 14.2 Å². The largest absolute Gasteiger partial charge is 0.496 e. The van der Waals surface area contributed by atoms with Gasteiger partial charge in [0.25, 0.3) is 0 Å². The van der Waals surface area contributed by atoms with Crippen molar-refractivity contribution in [2.24, 2.45) is 0 Å². The van der Waals surface area contributed by atoms with E-state index in [0.717, 1.165) is 4.90 Å². The number of rotatable bonds is 4. The third-order valence-electron chi connectivity index (χ3n) is 2.74. The molecule has 1 aromatic rings. The molecule has 0 aliphatic carbocycles. The lowest BCUT2D eigenvalue weighted by atomic mass is 10.0. The van der Waals surface area contributed by atoms with Crippen LogP contribution >= 0.6 is 0 Å². The topological polar surface area (TPSA) is 76.1 Å². The van der Waals surface area contributed by atoms with Crippen LogP contribution in [0.25, 0.3) is 0 Å². The van der Waals surface area contributed by atoms with Gasteiger partial charge in [0.15, 0.2) is 6.04 Å². The standard InChI is InChI=1S/C15H21NO5/c1-15(2,3)21-14(19)16(4)12(13(17)18)10-8-6-7-9-11(10)20-5/h6-9,12H,1-5H3,(H,17,18). The second-order valence-corrected chi connectivity index (χ2v) is 5.57. The number of nitrogens with zero attached hydrogens (tertiary/aromatic N) is 1. The number of hydrogen-bond acceptors (Lipinski definition) is 4. The van der Waals surface area contributed by atoms with Gasteiger partial charge in [-0.3, -0.25) is 4.90 Å². The molecule has 1 atom stereocenters. The molecule has 1 aromatic carbocycles. The number of carbonyl (C=O) groups is 2. The van der Waals surface area contributed by atoms with Gasteiger partial charge in [-0.15, -0.1) is 0 Å². The van der Waals surface area contributed by atoms with Crippen LogP contribution in [0.4, 0.5) is 4.79 Å². The van der Waals surface area contributed by atoms with E-state index < -0.39 is 23.7 Å². The minimum absolute atomic E-state index is 0.390. The molecule has 116 valence electrons. The molecule has 6 heteroatoms. The van der Waals surface area contributed by atoms with Crippen LogP contribution in [-0.4, -0.2) is 41.8 Å². The summed E-state index contributed by atoms with van der Waals surface area (Å²) in [7, 11) is 2.84. The number of hydrogen-bond donors (Lipinski definition) is 1. The van der Waals surface area contributed by atoms with E-state index in [0.29, 0.717) is 11.3 Å². The van der Waals surface area contributed by atoms with E-state index >= 15 is 0 Å². The second kappa shape index (κ2) is 6.47. The van der Waals surface area contributed by atoms with Crippen LogP contribution in [0.5, 0.6) is 5.75 Å². The molecule has 0 saturated carbocycles. The SMILES string of the molecule is COc1ccccc1C(C(=O)O)N(C)C(=O)OC(C)(C)C.